The smallest absolute Gasteiger partial charge is 0.309 e. The van der Waals surface area contributed by atoms with Gasteiger partial charge >= 0.3 is 5.97 Å². The highest BCUT2D eigenvalue weighted by Crippen LogP contribution is 2.48. The van der Waals surface area contributed by atoms with Crippen molar-refractivity contribution in [2.45, 2.75) is 25.4 Å². The predicted octanol–water partition coefficient (Wildman–Crippen LogP) is 0.566. The van der Waals surface area contributed by atoms with Crippen molar-refractivity contribution in [2.24, 2.45) is 17.8 Å². The molecule has 1 N–H and O–H groups in total. The molecule has 2 bridgehead atoms. The number of carbonyl (C=O) groups is 1. The molecule has 3 heteroatoms. The Labute approximate surface area is 71.7 Å². The Morgan fingerprint density at radius 1 is 1.42 bits per heavy atom. The number of ether oxygens (including phenoxy) is 1. The zero-order chi connectivity index (χ0) is 8.72. The average molecular weight is 170 g/mol. The van der Waals surface area contributed by atoms with E-state index in [2.05, 4.69) is 4.74 Å². The molecule has 2 rings (SSSR count). The molecule has 2 saturated carbocycles. The van der Waals surface area contributed by atoms with Crippen LogP contribution >= 0.6 is 0 Å². The summed E-state index contributed by atoms with van der Waals surface area (Å²) < 4.78 is 4.69. The fourth-order valence-corrected chi connectivity index (χ4v) is 2.74. The summed E-state index contributed by atoms with van der Waals surface area (Å²) in [6.07, 6.45) is 2.57. The molecule has 0 spiro atoms. The van der Waals surface area contributed by atoms with Crippen LogP contribution in [0.25, 0.3) is 0 Å². The molecule has 68 valence electrons. The van der Waals surface area contributed by atoms with Crippen LogP contribution in [0.1, 0.15) is 19.3 Å². The van der Waals surface area contributed by atoms with Crippen LogP contribution in [-0.2, 0) is 9.53 Å². The van der Waals surface area contributed by atoms with Gasteiger partial charge in [-0.15, -0.1) is 0 Å². The van der Waals surface area contributed by atoms with E-state index in [0.717, 1.165) is 19.3 Å². The van der Waals surface area contributed by atoms with Crippen molar-refractivity contribution in [3.05, 3.63) is 0 Å². The molecule has 2 aliphatic rings. The molecule has 0 amide bonds. The highest BCUT2D eigenvalue weighted by atomic mass is 16.5. The van der Waals surface area contributed by atoms with Gasteiger partial charge < -0.3 is 9.84 Å². The van der Waals surface area contributed by atoms with Gasteiger partial charge in [0.25, 0.3) is 0 Å². The summed E-state index contributed by atoms with van der Waals surface area (Å²) in [5, 5.41) is 9.53. The van der Waals surface area contributed by atoms with Crippen LogP contribution in [0.4, 0.5) is 0 Å². The van der Waals surface area contributed by atoms with E-state index in [9.17, 15) is 9.90 Å². The van der Waals surface area contributed by atoms with Gasteiger partial charge in [-0.1, -0.05) is 0 Å². The van der Waals surface area contributed by atoms with Gasteiger partial charge in [0.15, 0.2) is 0 Å². The second-order valence-corrected chi connectivity index (χ2v) is 3.93. The lowest BCUT2D eigenvalue weighted by molar-refractivity contribution is -0.149. The lowest BCUT2D eigenvalue weighted by Gasteiger charge is -2.23. The van der Waals surface area contributed by atoms with Gasteiger partial charge in [-0.3, -0.25) is 4.79 Å². The van der Waals surface area contributed by atoms with Crippen LogP contribution in [0.15, 0.2) is 0 Å². The minimum atomic E-state index is -0.257. The Kier molecular flexibility index (Phi) is 1.83. The molecule has 0 saturated heterocycles. The Morgan fingerprint density at radius 3 is 2.67 bits per heavy atom. The first kappa shape index (κ1) is 8.05. The summed E-state index contributed by atoms with van der Waals surface area (Å²) in [6, 6.07) is 0. The number of carbonyl (C=O) groups excluding carboxylic acids is 1. The standard InChI is InChI=1S/C9H14O3/c1-12-9(11)7-3-5-2-6(7)8(10)4-5/h5-8,10H,2-4H2,1H3/t5-,6+,7-,8-/m1/s1. The van der Waals surface area contributed by atoms with Crippen molar-refractivity contribution >= 4 is 5.97 Å². The van der Waals surface area contributed by atoms with Crippen molar-refractivity contribution in [3.63, 3.8) is 0 Å². The Morgan fingerprint density at radius 2 is 2.17 bits per heavy atom. The molecule has 12 heavy (non-hydrogen) atoms. The highest BCUT2D eigenvalue weighted by molar-refractivity contribution is 5.73. The van der Waals surface area contributed by atoms with Crippen molar-refractivity contribution in [3.8, 4) is 0 Å². The second-order valence-electron chi connectivity index (χ2n) is 3.93. The minimum absolute atomic E-state index is 0.0243. The number of aliphatic hydroxyl groups excluding tert-OH is 1. The molecule has 0 aromatic heterocycles. The van der Waals surface area contributed by atoms with Crippen molar-refractivity contribution in [1.82, 2.24) is 0 Å². The van der Waals surface area contributed by atoms with Crippen LogP contribution in [0.5, 0.6) is 0 Å². The van der Waals surface area contributed by atoms with Gasteiger partial charge in [-0.05, 0) is 31.1 Å². The topological polar surface area (TPSA) is 46.5 Å². The van der Waals surface area contributed by atoms with E-state index >= 15 is 0 Å². The number of esters is 1. The van der Waals surface area contributed by atoms with E-state index in [1.165, 1.54) is 7.11 Å². The lowest BCUT2D eigenvalue weighted by atomic mass is 9.87. The number of hydrogen-bond donors (Lipinski definition) is 1. The van der Waals surface area contributed by atoms with Crippen LogP contribution in [0.3, 0.4) is 0 Å². The zero-order valence-corrected chi connectivity index (χ0v) is 7.19. The van der Waals surface area contributed by atoms with E-state index in [1.54, 1.807) is 0 Å². The van der Waals surface area contributed by atoms with Gasteiger partial charge in [-0.2, -0.15) is 0 Å². The van der Waals surface area contributed by atoms with E-state index < -0.39 is 0 Å². The van der Waals surface area contributed by atoms with Crippen LogP contribution in [0.2, 0.25) is 0 Å². The molecule has 4 atom stereocenters. The van der Waals surface area contributed by atoms with Crippen LogP contribution < -0.4 is 0 Å². The maximum absolute atomic E-state index is 11.2. The molecule has 0 aromatic carbocycles. The van der Waals surface area contributed by atoms with Crippen LogP contribution in [-0.4, -0.2) is 24.3 Å². The second kappa shape index (κ2) is 2.73. The molecule has 0 aliphatic heterocycles. The van der Waals surface area contributed by atoms with Crippen molar-refractivity contribution < 1.29 is 14.6 Å². The normalized spacial score (nSPS) is 44.8. The third-order valence-electron chi connectivity index (χ3n) is 3.28. The quantitative estimate of drug-likeness (QED) is 0.585. The lowest BCUT2D eigenvalue weighted by Crippen LogP contribution is -2.30. The fraction of sp³-hybridized carbons (Fsp3) is 0.889. The van der Waals surface area contributed by atoms with E-state index in [0.29, 0.717) is 5.92 Å². The number of fused-ring (bicyclic) bond motifs is 2. The zero-order valence-electron chi connectivity index (χ0n) is 7.19. The third-order valence-corrected chi connectivity index (χ3v) is 3.28. The molecule has 3 nitrogen and oxygen atoms in total. The monoisotopic (exact) mass is 170 g/mol. The van der Waals surface area contributed by atoms with Crippen molar-refractivity contribution in [2.75, 3.05) is 7.11 Å². The summed E-state index contributed by atoms with van der Waals surface area (Å²) in [4.78, 5) is 11.2. The van der Waals surface area contributed by atoms with Gasteiger partial charge in [0, 0.05) is 0 Å². The number of rotatable bonds is 1. The predicted molar refractivity (Wildman–Crippen MR) is 42.3 cm³/mol. The molecular formula is C9H14O3. The first-order valence-electron chi connectivity index (χ1n) is 4.48. The van der Waals surface area contributed by atoms with Crippen LogP contribution in [0, 0.1) is 17.8 Å². The SMILES string of the molecule is COC(=O)[C@@H]1C[C@H]2C[C@@H]1[C@H](O)C2. The van der Waals surface area contributed by atoms with Gasteiger partial charge in [0.2, 0.25) is 0 Å². The number of hydrogen-bond acceptors (Lipinski definition) is 3. The summed E-state index contributed by atoms with van der Waals surface area (Å²) in [5.74, 6) is 0.585. The van der Waals surface area contributed by atoms with E-state index in [1.807, 2.05) is 0 Å². The summed E-state index contributed by atoms with van der Waals surface area (Å²) in [7, 11) is 1.42. The molecule has 2 aliphatic carbocycles. The molecule has 0 aromatic rings. The molecule has 2 fully saturated rings. The molecule has 0 heterocycles. The third kappa shape index (κ3) is 1.04. The number of aliphatic hydroxyl groups is 1. The first-order valence-corrected chi connectivity index (χ1v) is 4.48. The summed E-state index contributed by atoms with van der Waals surface area (Å²) >= 11 is 0. The van der Waals surface area contributed by atoms with Gasteiger partial charge in [-0.25, -0.2) is 0 Å². The van der Waals surface area contributed by atoms with Gasteiger partial charge in [0.05, 0.1) is 19.1 Å². The maximum atomic E-state index is 11.2. The number of methoxy groups -OCH3 is 1. The fourth-order valence-electron chi connectivity index (χ4n) is 2.74. The Hall–Kier alpha value is -0.570. The molecule has 0 radical (unpaired) electrons. The molecule has 0 unspecified atom stereocenters. The largest absolute Gasteiger partial charge is 0.469 e. The van der Waals surface area contributed by atoms with Gasteiger partial charge in [0.1, 0.15) is 0 Å². The van der Waals surface area contributed by atoms with E-state index in [-0.39, 0.29) is 23.9 Å². The first-order chi connectivity index (χ1) is 5.72. The summed E-state index contributed by atoms with van der Waals surface area (Å²) in [5.41, 5.74) is 0. The molecular weight excluding hydrogens is 156 g/mol. The van der Waals surface area contributed by atoms with Crippen molar-refractivity contribution in [1.29, 1.82) is 0 Å². The Bertz CT molecular complexity index is 202. The Balaban J connectivity index is 2.07. The average Bonchev–Trinajstić information content (AvgIpc) is 2.60. The highest BCUT2D eigenvalue weighted by Gasteiger charge is 2.48. The van der Waals surface area contributed by atoms with E-state index in [4.69, 9.17) is 0 Å². The minimum Gasteiger partial charge on any atom is -0.469 e. The maximum Gasteiger partial charge on any atom is 0.309 e. The summed E-state index contributed by atoms with van der Waals surface area (Å²) in [6.45, 7) is 0.